The van der Waals surface area contributed by atoms with E-state index in [-0.39, 0.29) is 36.5 Å². The van der Waals surface area contributed by atoms with E-state index in [1.807, 2.05) is 44.2 Å². The molecule has 2 heterocycles. The zero-order chi connectivity index (χ0) is 24.0. The molecule has 0 saturated carbocycles. The highest BCUT2D eigenvalue weighted by molar-refractivity contribution is 6.36. The number of ketones is 1. The molecule has 1 aromatic rings. The molecule has 4 amide bonds. The van der Waals surface area contributed by atoms with Gasteiger partial charge in [-0.1, -0.05) is 50.1 Å². The standard InChI is InChI=1S/C26H33N3O4/c1-4-5-15-29-24(32)26(27-25(29)33,14-11-20-9-7-6-8-10-20)21-12-16-28(17-13-21)23(31)22(30)18-19(2)3/h6-10,19,21H,11-18H2,1-3H3,(H,27,33). The van der Waals surface area contributed by atoms with Gasteiger partial charge in [0.1, 0.15) is 5.54 Å². The fourth-order valence-corrected chi connectivity index (χ4v) is 4.79. The highest BCUT2D eigenvalue weighted by atomic mass is 16.2. The number of benzene rings is 1. The van der Waals surface area contributed by atoms with E-state index in [1.165, 1.54) is 4.90 Å². The van der Waals surface area contributed by atoms with E-state index in [4.69, 9.17) is 0 Å². The fraction of sp³-hybridized carbons (Fsp3) is 0.538. The molecule has 0 radical (unpaired) electrons. The number of carbonyl (C=O) groups excluding carboxylic acids is 4. The number of hydrogen-bond donors (Lipinski definition) is 1. The third-order valence-electron chi connectivity index (χ3n) is 6.58. The van der Waals surface area contributed by atoms with Gasteiger partial charge in [-0.3, -0.25) is 19.3 Å². The Balaban J connectivity index is 1.77. The first kappa shape index (κ1) is 24.5. The van der Waals surface area contributed by atoms with Crippen molar-refractivity contribution in [2.75, 3.05) is 19.6 Å². The molecular weight excluding hydrogens is 418 g/mol. The number of likely N-dealkylation sites (tertiary alicyclic amines) is 1. The largest absolute Gasteiger partial charge is 0.336 e. The predicted octanol–water partition coefficient (Wildman–Crippen LogP) is 2.79. The number of imide groups is 1. The van der Waals surface area contributed by atoms with E-state index in [2.05, 4.69) is 17.2 Å². The van der Waals surface area contributed by atoms with Gasteiger partial charge < -0.3 is 10.2 Å². The third-order valence-corrected chi connectivity index (χ3v) is 6.58. The maximum atomic E-state index is 13.5. The second kappa shape index (κ2) is 10.7. The number of urea groups is 1. The van der Waals surface area contributed by atoms with Crippen molar-refractivity contribution in [3.63, 3.8) is 0 Å². The first-order valence-electron chi connectivity index (χ1n) is 11.7. The highest BCUT2D eigenvalue weighted by Crippen LogP contribution is 2.37. The van der Waals surface area contributed by atoms with Crippen molar-refractivity contribution in [1.29, 1.82) is 0 Å². The minimum Gasteiger partial charge on any atom is -0.336 e. The van der Waals surface area contributed by atoms with Gasteiger partial charge in [0.25, 0.3) is 11.8 Å². The second-order valence-electron chi connectivity index (χ2n) is 9.29. The second-order valence-corrected chi connectivity index (χ2v) is 9.29. The number of aryl methyl sites for hydroxylation is 1. The first-order valence-corrected chi connectivity index (χ1v) is 11.7. The summed E-state index contributed by atoms with van der Waals surface area (Å²) in [5.74, 6) is 4.52. The lowest BCUT2D eigenvalue weighted by Gasteiger charge is -2.41. The van der Waals surface area contributed by atoms with Crippen LogP contribution in [0.25, 0.3) is 0 Å². The summed E-state index contributed by atoms with van der Waals surface area (Å²) in [6.45, 7) is 6.37. The number of hydrogen-bond acceptors (Lipinski definition) is 4. The summed E-state index contributed by atoms with van der Waals surface area (Å²) < 4.78 is 0. The quantitative estimate of drug-likeness (QED) is 0.374. The maximum Gasteiger partial charge on any atom is 0.325 e. The number of amides is 4. The number of piperidine rings is 1. The highest BCUT2D eigenvalue weighted by Gasteiger charge is 2.55. The van der Waals surface area contributed by atoms with Crippen LogP contribution in [0, 0.1) is 23.7 Å². The molecule has 1 N–H and O–H groups in total. The molecule has 0 bridgehead atoms. The fourth-order valence-electron chi connectivity index (χ4n) is 4.79. The van der Waals surface area contributed by atoms with E-state index in [1.54, 1.807) is 11.8 Å². The molecular formula is C26H33N3O4. The molecule has 33 heavy (non-hydrogen) atoms. The molecule has 2 fully saturated rings. The molecule has 7 nitrogen and oxygen atoms in total. The molecule has 2 aliphatic heterocycles. The minimum atomic E-state index is -1.03. The molecule has 0 spiro atoms. The molecule has 7 heteroatoms. The van der Waals surface area contributed by atoms with E-state index >= 15 is 0 Å². The zero-order valence-electron chi connectivity index (χ0n) is 19.7. The summed E-state index contributed by atoms with van der Waals surface area (Å²) in [5.41, 5.74) is 0.0667. The Kier molecular flexibility index (Phi) is 7.91. The zero-order valence-corrected chi connectivity index (χ0v) is 19.7. The van der Waals surface area contributed by atoms with Crippen molar-refractivity contribution >= 4 is 23.6 Å². The van der Waals surface area contributed by atoms with Crippen LogP contribution in [0.1, 0.15) is 52.0 Å². The van der Waals surface area contributed by atoms with Gasteiger partial charge >= 0.3 is 6.03 Å². The van der Waals surface area contributed by atoms with Crippen LogP contribution >= 0.6 is 0 Å². The van der Waals surface area contributed by atoms with Gasteiger partial charge in [0.05, 0.1) is 6.54 Å². The normalized spacial score (nSPS) is 21.1. The van der Waals surface area contributed by atoms with Gasteiger partial charge in [0.15, 0.2) is 0 Å². The predicted molar refractivity (Wildman–Crippen MR) is 125 cm³/mol. The summed E-state index contributed by atoms with van der Waals surface area (Å²) in [7, 11) is 0. The lowest BCUT2D eigenvalue weighted by atomic mass is 9.74. The number of rotatable bonds is 8. The topological polar surface area (TPSA) is 86.8 Å². The van der Waals surface area contributed by atoms with E-state index in [0.717, 1.165) is 5.56 Å². The Labute approximate surface area is 195 Å². The monoisotopic (exact) mass is 451 g/mol. The summed E-state index contributed by atoms with van der Waals surface area (Å²) in [6.07, 6.45) is 2.46. The van der Waals surface area contributed by atoms with Gasteiger partial charge in [-0.15, -0.1) is 5.92 Å². The van der Waals surface area contributed by atoms with Crippen LogP contribution in [0.5, 0.6) is 0 Å². The number of carbonyl (C=O) groups is 4. The molecule has 2 aliphatic rings. The van der Waals surface area contributed by atoms with Crippen molar-refractivity contribution in [2.24, 2.45) is 11.8 Å². The van der Waals surface area contributed by atoms with Crippen molar-refractivity contribution in [3.8, 4) is 11.8 Å². The molecule has 2 saturated heterocycles. The summed E-state index contributed by atoms with van der Waals surface area (Å²) in [6, 6.07) is 9.46. The smallest absolute Gasteiger partial charge is 0.325 e. The Hall–Kier alpha value is -3.14. The lowest BCUT2D eigenvalue weighted by Crippen LogP contribution is -2.57. The number of nitrogens with one attached hydrogen (secondary N) is 1. The van der Waals surface area contributed by atoms with Gasteiger partial charge in [0, 0.05) is 19.5 Å². The van der Waals surface area contributed by atoms with Crippen LogP contribution in [0.15, 0.2) is 30.3 Å². The van der Waals surface area contributed by atoms with Gasteiger partial charge in [0.2, 0.25) is 5.78 Å². The van der Waals surface area contributed by atoms with E-state index in [0.29, 0.717) is 38.8 Å². The molecule has 0 aromatic heterocycles. The molecule has 176 valence electrons. The summed E-state index contributed by atoms with van der Waals surface area (Å²) in [4.78, 5) is 53.9. The van der Waals surface area contributed by atoms with Crippen LogP contribution in [0.3, 0.4) is 0 Å². The average molecular weight is 452 g/mol. The molecule has 3 rings (SSSR count). The minimum absolute atomic E-state index is 0.0648. The molecule has 0 aliphatic carbocycles. The third kappa shape index (κ3) is 5.44. The molecule has 1 unspecified atom stereocenters. The number of Topliss-reactive ketones (excluding diaryl/α,β-unsaturated/α-hetero) is 1. The Morgan fingerprint density at radius 2 is 1.82 bits per heavy atom. The van der Waals surface area contributed by atoms with Gasteiger partial charge in [-0.2, -0.15) is 0 Å². The summed E-state index contributed by atoms with van der Waals surface area (Å²) >= 11 is 0. The van der Waals surface area contributed by atoms with E-state index in [9.17, 15) is 19.2 Å². The van der Waals surface area contributed by atoms with Crippen LogP contribution in [0.2, 0.25) is 0 Å². The van der Waals surface area contributed by atoms with Gasteiger partial charge in [-0.25, -0.2) is 4.79 Å². The van der Waals surface area contributed by atoms with Crippen molar-refractivity contribution in [2.45, 2.75) is 58.4 Å². The first-order chi connectivity index (χ1) is 15.8. The lowest BCUT2D eigenvalue weighted by molar-refractivity contribution is -0.146. The van der Waals surface area contributed by atoms with Crippen molar-refractivity contribution in [3.05, 3.63) is 35.9 Å². The SMILES string of the molecule is CC#CCN1C(=O)NC(CCc2ccccc2)(C2CCN(C(=O)C(=O)CC(C)C)CC2)C1=O. The van der Waals surface area contributed by atoms with Crippen LogP contribution in [-0.2, 0) is 20.8 Å². The van der Waals surface area contributed by atoms with Gasteiger partial charge in [-0.05, 0) is 50.0 Å². The molecule has 1 atom stereocenters. The number of nitrogens with zero attached hydrogens (tertiary/aromatic N) is 2. The Bertz CT molecular complexity index is 955. The average Bonchev–Trinajstić information content (AvgIpc) is 3.06. The molecule has 1 aromatic carbocycles. The summed E-state index contributed by atoms with van der Waals surface area (Å²) in [5, 5.41) is 3.01. The maximum absolute atomic E-state index is 13.5. The Morgan fingerprint density at radius 1 is 1.15 bits per heavy atom. The van der Waals surface area contributed by atoms with E-state index < -0.39 is 17.5 Å². The van der Waals surface area contributed by atoms with Crippen molar-refractivity contribution < 1.29 is 19.2 Å². The Morgan fingerprint density at radius 3 is 2.42 bits per heavy atom. The van der Waals surface area contributed by atoms with Crippen LogP contribution < -0.4 is 5.32 Å². The van der Waals surface area contributed by atoms with Crippen LogP contribution in [-0.4, -0.2) is 58.6 Å². The van der Waals surface area contributed by atoms with Crippen molar-refractivity contribution in [1.82, 2.24) is 15.1 Å². The van der Waals surface area contributed by atoms with Crippen LogP contribution in [0.4, 0.5) is 4.79 Å².